The van der Waals surface area contributed by atoms with Gasteiger partial charge in [-0.2, -0.15) is 0 Å². The van der Waals surface area contributed by atoms with Crippen molar-refractivity contribution in [3.8, 4) is 0 Å². The van der Waals surface area contributed by atoms with E-state index in [4.69, 9.17) is 9.47 Å². The maximum absolute atomic E-state index is 11.5. The van der Waals surface area contributed by atoms with Gasteiger partial charge in [0, 0.05) is 0 Å². The third-order valence-corrected chi connectivity index (χ3v) is 1.81. The molecule has 1 amide bonds. The van der Waals surface area contributed by atoms with E-state index in [0.717, 1.165) is 0 Å². The van der Waals surface area contributed by atoms with Crippen molar-refractivity contribution in [2.75, 3.05) is 13.2 Å². The monoisotopic (exact) mass is 229 g/mol. The molecule has 5 heteroatoms. The number of hydrogen-bond donors (Lipinski definition) is 1. The van der Waals surface area contributed by atoms with Crippen molar-refractivity contribution >= 4 is 12.1 Å². The molecule has 0 aromatic rings. The molecule has 0 radical (unpaired) electrons. The molecule has 0 aliphatic carbocycles. The number of nitrogens with one attached hydrogen (secondary N) is 1. The minimum Gasteiger partial charge on any atom is -0.460 e. The fourth-order valence-corrected chi connectivity index (χ4v) is 1.03. The Balaban J connectivity index is 4.31. The highest BCUT2D eigenvalue weighted by Crippen LogP contribution is 2.04. The largest absolute Gasteiger partial charge is 0.460 e. The van der Waals surface area contributed by atoms with Gasteiger partial charge in [0.2, 0.25) is 0 Å². The number of carbonyl (C=O) groups is 2. The van der Waals surface area contributed by atoms with E-state index in [1.807, 2.05) is 13.8 Å². The summed E-state index contributed by atoms with van der Waals surface area (Å²) in [7, 11) is 0. The summed E-state index contributed by atoms with van der Waals surface area (Å²) in [6.07, 6.45) is 0.858. The van der Waals surface area contributed by atoms with Crippen LogP contribution in [0, 0.1) is 5.92 Å². The van der Waals surface area contributed by atoms with E-state index in [9.17, 15) is 9.59 Å². The molecule has 0 fully saturated rings. The van der Waals surface area contributed by atoms with Crippen LogP contribution in [0.2, 0.25) is 0 Å². The maximum Gasteiger partial charge on any atom is 0.407 e. The normalized spacial score (nSPS) is 11.8. The van der Waals surface area contributed by atoms with Crippen LogP contribution >= 0.6 is 0 Å². The fourth-order valence-electron chi connectivity index (χ4n) is 1.03. The van der Waals surface area contributed by atoms with Crippen LogP contribution in [-0.2, 0) is 14.3 Å². The van der Waals surface area contributed by atoms with Crippen molar-refractivity contribution in [2.24, 2.45) is 5.92 Å². The molecule has 0 spiro atoms. The van der Waals surface area contributed by atoms with Crippen molar-refractivity contribution in [2.45, 2.75) is 26.8 Å². The van der Waals surface area contributed by atoms with Crippen molar-refractivity contribution in [1.82, 2.24) is 5.32 Å². The first-order valence-electron chi connectivity index (χ1n) is 5.23. The van der Waals surface area contributed by atoms with Crippen LogP contribution < -0.4 is 5.32 Å². The van der Waals surface area contributed by atoms with E-state index in [2.05, 4.69) is 11.9 Å². The molecule has 0 unspecified atom stereocenters. The summed E-state index contributed by atoms with van der Waals surface area (Å²) >= 11 is 0. The number of ether oxygens (including phenoxy) is 2. The SMILES string of the molecule is C=CCOC(=O)[C@H](NC(=O)OCC)C(C)C. The van der Waals surface area contributed by atoms with E-state index in [1.165, 1.54) is 6.08 Å². The summed E-state index contributed by atoms with van der Waals surface area (Å²) < 4.78 is 9.57. The van der Waals surface area contributed by atoms with Crippen LogP contribution in [0.3, 0.4) is 0 Å². The molecule has 0 bridgehead atoms. The smallest absolute Gasteiger partial charge is 0.407 e. The molecule has 1 atom stereocenters. The zero-order valence-electron chi connectivity index (χ0n) is 9.99. The van der Waals surface area contributed by atoms with Gasteiger partial charge >= 0.3 is 12.1 Å². The first-order chi connectivity index (χ1) is 7.52. The number of esters is 1. The average molecular weight is 229 g/mol. The molecule has 0 saturated heterocycles. The van der Waals surface area contributed by atoms with Crippen LogP contribution in [0.4, 0.5) is 4.79 Å². The average Bonchev–Trinajstić information content (AvgIpc) is 2.22. The van der Waals surface area contributed by atoms with E-state index in [0.29, 0.717) is 0 Å². The third kappa shape index (κ3) is 5.38. The lowest BCUT2D eigenvalue weighted by Crippen LogP contribution is -2.45. The standard InChI is InChI=1S/C11H19NO4/c1-5-7-16-10(13)9(8(3)4)12-11(14)15-6-2/h5,8-9H,1,6-7H2,2-4H3,(H,12,14)/t9-/m1/s1. The van der Waals surface area contributed by atoms with Gasteiger partial charge < -0.3 is 14.8 Å². The van der Waals surface area contributed by atoms with Crippen LogP contribution in [-0.4, -0.2) is 31.3 Å². The first-order valence-corrected chi connectivity index (χ1v) is 5.23. The van der Waals surface area contributed by atoms with Gasteiger partial charge in [-0.05, 0) is 12.8 Å². The summed E-state index contributed by atoms with van der Waals surface area (Å²) in [5.74, 6) is -0.551. The second-order valence-corrected chi connectivity index (χ2v) is 3.51. The predicted molar refractivity (Wildman–Crippen MR) is 59.9 cm³/mol. The van der Waals surface area contributed by atoms with Crippen LogP contribution in [0.25, 0.3) is 0 Å². The Morgan fingerprint density at radius 1 is 1.38 bits per heavy atom. The van der Waals surface area contributed by atoms with Crippen LogP contribution in [0.1, 0.15) is 20.8 Å². The highest BCUT2D eigenvalue weighted by atomic mass is 16.6. The van der Waals surface area contributed by atoms with Crippen LogP contribution in [0.15, 0.2) is 12.7 Å². The summed E-state index contributed by atoms with van der Waals surface area (Å²) in [6.45, 7) is 9.15. The lowest BCUT2D eigenvalue weighted by molar-refractivity contribution is -0.145. The predicted octanol–water partition coefficient (Wildman–Crippen LogP) is 1.49. The zero-order chi connectivity index (χ0) is 12.6. The Labute approximate surface area is 95.8 Å². The molecular weight excluding hydrogens is 210 g/mol. The third-order valence-electron chi connectivity index (χ3n) is 1.81. The molecule has 5 nitrogen and oxygen atoms in total. The Morgan fingerprint density at radius 3 is 2.44 bits per heavy atom. The van der Waals surface area contributed by atoms with Crippen molar-refractivity contribution in [3.63, 3.8) is 0 Å². The summed E-state index contributed by atoms with van der Waals surface area (Å²) in [6, 6.07) is -0.695. The van der Waals surface area contributed by atoms with Crippen molar-refractivity contribution in [1.29, 1.82) is 0 Å². The second kappa shape index (κ2) is 7.73. The molecule has 0 aliphatic heterocycles. The van der Waals surface area contributed by atoms with E-state index in [1.54, 1.807) is 6.92 Å². The molecular formula is C11H19NO4. The van der Waals surface area contributed by atoms with Crippen molar-refractivity contribution in [3.05, 3.63) is 12.7 Å². The minimum absolute atomic E-state index is 0.0679. The molecule has 92 valence electrons. The van der Waals surface area contributed by atoms with Crippen molar-refractivity contribution < 1.29 is 19.1 Å². The van der Waals surface area contributed by atoms with E-state index < -0.39 is 18.1 Å². The molecule has 0 aliphatic rings. The lowest BCUT2D eigenvalue weighted by Gasteiger charge is -2.19. The molecule has 0 aromatic carbocycles. The summed E-state index contributed by atoms with van der Waals surface area (Å²) in [5, 5.41) is 2.46. The molecule has 0 heterocycles. The Morgan fingerprint density at radius 2 is 2.00 bits per heavy atom. The van der Waals surface area contributed by atoms with Gasteiger partial charge in [0.15, 0.2) is 0 Å². The highest BCUT2D eigenvalue weighted by molar-refractivity contribution is 5.81. The number of rotatable bonds is 6. The molecule has 1 N–H and O–H groups in total. The van der Waals surface area contributed by atoms with E-state index in [-0.39, 0.29) is 19.1 Å². The van der Waals surface area contributed by atoms with Gasteiger partial charge in [-0.25, -0.2) is 9.59 Å². The number of amides is 1. The molecule has 0 aromatic heterocycles. The minimum atomic E-state index is -0.695. The fraction of sp³-hybridized carbons (Fsp3) is 0.636. The van der Waals surface area contributed by atoms with Gasteiger partial charge in [0.25, 0.3) is 0 Å². The summed E-state index contributed by atoms with van der Waals surface area (Å²) in [4.78, 5) is 22.7. The van der Waals surface area contributed by atoms with E-state index >= 15 is 0 Å². The number of carbonyl (C=O) groups excluding carboxylic acids is 2. The number of hydrogen-bond acceptors (Lipinski definition) is 4. The van der Waals surface area contributed by atoms with Gasteiger partial charge in [0.1, 0.15) is 12.6 Å². The topological polar surface area (TPSA) is 64.6 Å². The zero-order valence-corrected chi connectivity index (χ0v) is 9.99. The molecule has 16 heavy (non-hydrogen) atoms. The number of alkyl carbamates (subject to hydrolysis) is 1. The first kappa shape index (κ1) is 14.5. The van der Waals surface area contributed by atoms with Gasteiger partial charge in [-0.3, -0.25) is 0 Å². The molecule has 0 rings (SSSR count). The summed E-state index contributed by atoms with van der Waals surface area (Å²) in [5.41, 5.74) is 0. The highest BCUT2D eigenvalue weighted by Gasteiger charge is 2.25. The molecule has 0 saturated carbocycles. The Bertz CT molecular complexity index is 250. The Kier molecular flexibility index (Phi) is 7.00. The lowest BCUT2D eigenvalue weighted by atomic mass is 10.1. The van der Waals surface area contributed by atoms with Gasteiger partial charge in [0.05, 0.1) is 6.61 Å². The van der Waals surface area contributed by atoms with Crippen LogP contribution in [0.5, 0.6) is 0 Å². The van der Waals surface area contributed by atoms with Gasteiger partial charge in [-0.1, -0.05) is 26.5 Å². The second-order valence-electron chi connectivity index (χ2n) is 3.51. The maximum atomic E-state index is 11.5. The Hall–Kier alpha value is -1.52. The van der Waals surface area contributed by atoms with Gasteiger partial charge in [-0.15, -0.1) is 0 Å². The quantitative estimate of drug-likeness (QED) is 0.553.